The Morgan fingerprint density at radius 1 is 1.04 bits per heavy atom. The number of benzene rings is 2. The highest BCUT2D eigenvalue weighted by Gasteiger charge is 2.60. The molecule has 2 aromatic rings. The van der Waals surface area contributed by atoms with Crippen molar-refractivity contribution in [1.82, 2.24) is 10.2 Å². The fraction of sp³-hybridized carbons (Fsp3) is 0.489. The van der Waals surface area contributed by atoms with Crippen LogP contribution >= 0.6 is 0 Å². The first kappa shape index (κ1) is 48.0. The SMILES string of the molecule is C=C(N)c1ccc2c(c1)CCc1cc(C(N)=O)ccc1C2(C[C@@H](C)NCC(=O)N1C(C#N)CC2C(C)C21)C(=N)OC(C)=N.C=CC.CC.CC.CC=C(C)C. The van der Waals surface area contributed by atoms with Crippen molar-refractivity contribution in [1.29, 1.82) is 16.1 Å². The number of allylic oxidation sites excluding steroid dienone is 3. The van der Waals surface area contributed by atoms with E-state index < -0.39 is 17.4 Å². The molecule has 300 valence electrons. The number of fused-ring (bicyclic) bond motifs is 3. The number of hydrogen-bond donors (Lipinski definition) is 5. The van der Waals surface area contributed by atoms with Gasteiger partial charge in [0.15, 0.2) is 5.90 Å². The maximum atomic E-state index is 13.4. The summed E-state index contributed by atoms with van der Waals surface area (Å²) in [5.41, 5.74) is 16.9. The summed E-state index contributed by atoms with van der Waals surface area (Å²) in [6.07, 6.45) is 6.06. The van der Waals surface area contributed by atoms with Crippen LogP contribution < -0.4 is 16.8 Å². The maximum Gasteiger partial charge on any atom is 0.248 e. The number of nitriles is 1. The van der Waals surface area contributed by atoms with Gasteiger partial charge in [0.25, 0.3) is 0 Å². The van der Waals surface area contributed by atoms with Crippen molar-refractivity contribution in [3.63, 3.8) is 0 Å². The van der Waals surface area contributed by atoms with Crippen LogP contribution in [0.5, 0.6) is 0 Å². The van der Waals surface area contributed by atoms with Gasteiger partial charge in [0.05, 0.1) is 18.0 Å². The van der Waals surface area contributed by atoms with E-state index >= 15 is 0 Å². The average molecular weight is 754 g/mol. The number of nitrogens with zero attached hydrogens (tertiary/aromatic N) is 2. The number of likely N-dealkylation sites (tertiary alicyclic amines) is 1. The van der Waals surface area contributed by atoms with Gasteiger partial charge in [-0.05, 0) is 118 Å². The Bertz CT molecular complexity index is 1690. The summed E-state index contributed by atoms with van der Waals surface area (Å²) in [7, 11) is 0. The number of nitrogens with two attached hydrogens (primary N) is 2. The molecular weight excluding hydrogens is 687 g/mol. The Labute approximate surface area is 331 Å². The van der Waals surface area contributed by atoms with Gasteiger partial charge in [0.2, 0.25) is 17.7 Å². The minimum absolute atomic E-state index is 0.0510. The lowest BCUT2D eigenvalue weighted by atomic mass is 9.68. The van der Waals surface area contributed by atoms with Crippen LogP contribution in [0.1, 0.15) is 127 Å². The Balaban J connectivity index is 0.00000112. The first-order valence-electron chi connectivity index (χ1n) is 19.5. The molecule has 1 heterocycles. The molecule has 1 saturated carbocycles. The van der Waals surface area contributed by atoms with Crippen molar-refractivity contribution in [2.45, 2.75) is 125 Å². The molecule has 0 spiro atoms. The van der Waals surface area contributed by atoms with Crippen LogP contribution in [0.2, 0.25) is 0 Å². The van der Waals surface area contributed by atoms with Gasteiger partial charge >= 0.3 is 0 Å². The summed E-state index contributed by atoms with van der Waals surface area (Å²) >= 11 is 0. The Kier molecular flexibility index (Phi) is 19.5. The van der Waals surface area contributed by atoms with Crippen LogP contribution in [0.15, 0.2) is 67.3 Å². The lowest BCUT2D eigenvalue weighted by molar-refractivity contribution is -0.131. The minimum Gasteiger partial charge on any atom is -0.429 e. The molecule has 0 radical (unpaired) electrons. The first-order valence-corrected chi connectivity index (χ1v) is 19.5. The summed E-state index contributed by atoms with van der Waals surface area (Å²) in [5, 5.41) is 30.4. The number of rotatable bonds is 8. The normalized spacial score (nSPS) is 21.2. The molecule has 2 aliphatic carbocycles. The lowest BCUT2D eigenvalue weighted by Gasteiger charge is -2.38. The average Bonchev–Trinajstić information content (AvgIpc) is 3.64. The number of amides is 2. The Morgan fingerprint density at radius 2 is 1.53 bits per heavy atom. The van der Waals surface area contributed by atoms with E-state index in [4.69, 9.17) is 21.6 Å². The van der Waals surface area contributed by atoms with E-state index in [2.05, 4.69) is 51.4 Å². The molecular formula is C45H67N7O3. The van der Waals surface area contributed by atoms with E-state index in [0.717, 1.165) is 34.2 Å². The van der Waals surface area contributed by atoms with Gasteiger partial charge in [-0.15, -0.1) is 6.58 Å². The third-order valence-corrected chi connectivity index (χ3v) is 9.98. The first-order chi connectivity index (χ1) is 26.1. The molecule has 3 aliphatic rings. The topological polar surface area (TPSA) is 182 Å². The molecule has 7 N–H and O–H groups in total. The number of ether oxygens (including phenoxy) is 1. The highest BCUT2D eigenvalue weighted by Crippen LogP contribution is 2.53. The fourth-order valence-electron chi connectivity index (χ4n) is 7.25. The molecule has 1 aliphatic heterocycles. The quantitative estimate of drug-likeness (QED) is 0.102. The largest absolute Gasteiger partial charge is 0.429 e. The van der Waals surface area contributed by atoms with E-state index in [1.807, 2.05) is 72.7 Å². The van der Waals surface area contributed by atoms with Crippen molar-refractivity contribution in [3.05, 3.63) is 101 Å². The molecule has 2 amide bonds. The molecule has 10 nitrogen and oxygen atoms in total. The van der Waals surface area contributed by atoms with Gasteiger partial charge in [-0.3, -0.25) is 20.4 Å². The van der Waals surface area contributed by atoms with Crippen molar-refractivity contribution in [2.75, 3.05) is 6.54 Å². The van der Waals surface area contributed by atoms with Crippen LogP contribution in [0.4, 0.5) is 0 Å². The molecule has 6 atom stereocenters. The van der Waals surface area contributed by atoms with Gasteiger partial charge < -0.3 is 26.4 Å². The van der Waals surface area contributed by atoms with E-state index in [1.165, 1.54) is 12.5 Å². The zero-order valence-corrected chi connectivity index (χ0v) is 35.2. The predicted molar refractivity (Wildman–Crippen MR) is 228 cm³/mol. The van der Waals surface area contributed by atoms with Crippen molar-refractivity contribution >= 4 is 29.3 Å². The maximum absolute atomic E-state index is 13.4. The van der Waals surface area contributed by atoms with Gasteiger partial charge in [0, 0.05) is 30.3 Å². The van der Waals surface area contributed by atoms with Crippen molar-refractivity contribution in [2.24, 2.45) is 23.3 Å². The number of carbonyl (C=O) groups excluding carboxylic acids is 2. The summed E-state index contributed by atoms with van der Waals surface area (Å²) in [4.78, 5) is 27.2. The second-order valence-corrected chi connectivity index (χ2v) is 14.0. The molecule has 1 saturated heterocycles. The lowest BCUT2D eigenvalue weighted by Crippen LogP contribution is -2.48. The summed E-state index contributed by atoms with van der Waals surface area (Å²) in [6, 6.07) is 12.8. The van der Waals surface area contributed by atoms with Crippen LogP contribution in [0, 0.1) is 34.0 Å². The van der Waals surface area contributed by atoms with E-state index in [9.17, 15) is 20.3 Å². The van der Waals surface area contributed by atoms with Gasteiger partial charge in [-0.2, -0.15) is 5.26 Å². The monoisotopic (exact) mass is 754 g/mol. The molecule has 0 bridgehead atoms. The number of aryl methyl sites for hydroxylation is 2. The highest BCUT2D eigenvalue weighted by molar-refractivity contribution is 5.99. The van der Waals surface area contributed by atoms with Crippen LogP contribution in [0.3, 0.4) is 0 Å². The second-order valence-electron chi connectivity index (χ2n) is 14.0. The number of piperidine rings is 1. The van der Waals surface area contributed by atoms with Crippen LogP contribution in [0.25, 0.3) is 5.70 Å². The molecule has 2 aromatic carbocycles. The molecule has 55 heavy (non-hydrogen) atoms. The third-order valence-electron chi connectivity index (χ3n) is 9.98. The molecule has 2 fully saturated rings. The van der Waals surface area contributed by atoms with E-state index in [0.29, 0.717) is 42.4 Å². The smallest absolute Gasteiger partial charge is 0.248 e. The highest BCUT2D eigenvalue weighted by atomic mass is 16.5. The number of carbonyl (C=O) groups is 2. The van der Waals surface area contributed by atoms with Gasteiger partial charge in [0.1, 0.15) is 6.04 Å². The van der Waals surface area contributed by atoms with Crippen molar-refractivity contribution < 1.29 is 14.3 Å². The minimum atomic E-state index is -1.16. The zero-order valence-electron chi connectivity index (χ0n) is 35.2. The standard InChI is InChI=1S/C33H39N7O3.C5H10.C3H6.2C2H6/c1-17(39-16-29(41)40-25(15-34)13-26-18(2)30(26)40)14-33(32(38)43-20(4)36)27-9-7-21(19(3)35)11-22(27)5-6-23-12-24(31(37)42)8-10-28(23)33;1-4-5(2)3;1-3-2;2*1-2/h7-12,17-18,25-26,30,36,38-39H,3,5-6,13-14,16,35H2,1-2,4H3,(H2,37,42);4H,1-3H3;3H,1H2,2H3;2*1-2H3/t17-,18?,25?,26?,30?,33?;;;;/m1..../s1. The number of hydrogen-bond acceptors (Lipinski definition) is 8. The Hall–Kier alpha value is -5.01. The number of primary amides is 1. The fourth-order valence-corrected chi connectivity index (χ4v) is 7.25. The van der Waals surface area contributed by atoms with E-state index in [1.54, 1.807) is 23.1 Å². The van der Waals surface area contributed by atoms with Gasteiger partial charge in [-0.25, -0.2) is 0 Å². The number of nitrogens with one attached hydrogen (secondary N) is 3. The molecule has 5 unspecified atom stereocenters. The Morgan fingerprint density at radius 3 is 1.96 bits per heavy atom. The van der Waals surface area contributed by atoms with Crippen molar-refractivity contribution in [3.8, 4) is 6.07 Å². The van der Waals surface area contributed by atoms with Crippen LogP contribution in [-0.2, 0) is 27.8 Å². The van der Waals surface area contributed by atoms with Gasteiger partial charge in [-0.1, -0.05) is 77.1 Å². The molecule has 0 aromatic heterocycles. The molecule has 10 heteroatoms. The third kappa shape index (κ3) is 11.7. The predicted octanol–water partition coefficient (Wildman–Crippen LogP) is 8.44. The second kappa shape index (κ2) is 22.4. The zero-order chi connectivity index (χ0) is 42.2. The van der Waals surface area contributed by atoms with Crippen LogP contribution in [-0.4, -0.2) is 53.2 Å². The summed E-state index contributed by atoms with van der Waals surface area (Å²) < 4.78 is 5.78. The van der Waals surface area contributed by atoms with E-state index in [-0.39, 0.29) is 36.3 Å². The summed E-state index contributed by atoms with van der Waals surface area (Å²) in [5.74, 6) is -0.0982. The molecule has 5 rings (SSSR count). The summed E-state index contributed by atoms with van der Waals surface area (Å²) in [6.45, 7) is 28.9.